The summed E-state index contributed by atoms with van der Waals surface area (Å²) in [6.07, 6.45) is 14.2. The highest BCUT2D eigenvalue weighted by Gasteiger charge is 2.15. The monoisotopic (exact) mass is 259 g/mol. The van der Waals surface area contributed by atoms with Gasteiger partial charge in [0, 0.05) is 37.9 Å². The van der Waals surface area contributed by atoms with Crippen molar-refractivity contribution >= 4 is 5.95 Å². The number of nitrogens with one attached hydrogen (secondary N) is 1. The number of anilines is 1. The molecule has 2 aromatic heterocycles. The molecule has 0 aromatic carbocycles. The van der Waals surface area contributed by atoms with Crippen molar-refractivity contribution in [1.82, 2.24) is 19.1 Å². The van der Waals surface area contributed by atoms with E-state index < -0.39 is 0 Å². The maximum absolute atomic E-state index is 4.44. The van der Waals surface area contributed by atoms with E-state index in [2.05, 4.69) is 19.9 Å². The van der Waals surface area contributed by atoms with Crippen molar-refractivity contribution in [2.24, 2.45) is 7.05 Å². The van der Waals surface area contributed by atoms with Crippen LogP contribution in [0.3, 0.4) is 0 Å². The predicted octanol–water partition coefficient (Wildman–Crippen LogP) is 2.41. The third-order valence-corrected chi connectivity index (χ3v) is 3.89. The first kappa shape index (κ1) is 12.3. The molecule has 0 spiro atoms. The summed E-state index contributed by atoms with van der Waals surface area (Å²) in [6, 6.07) is 0.580. The molecule has 0 unspecified atom stereocenters. The highest BCUT2D eigenvalue weighted by molar-refractivity contribution is 5.28. The quantitative estimate of drug-likeness (QED) is 0.917. The average Bonchev–Trinajstić information content (AvgIpc) is 3.02. The Morgan fingerprint density at radius 1 is 1.16 bits per heavy atom. The van der Waals surface area contributed by atoms with Gasteiger partial charge >= 0.3 is 0 Å². The van der Waals surface area contributed by atoms with Gasteiger partial charge in [0.05, 0.1) is 6.54 Å². The molecule has 1 aliphatic rings. The summed E-state index contributed by atoms with van der Waals surface area (Å²) in [7, 11) is 2.02. The van der Waals surface area contributed by atoms with Crippen LogP contribution in [0.1, 0.15) is 37.9 Å². The van der Waals surface area contributed by atoms with Crippen LogP contribution in [0.15, 0.2) is 24.8 Å². The summed E-state index contributed by atoms with van der Waals surface area (Å²) in [4.78, 5) is 8.80. The van der Waals surface area contributed by atoms with Gasteiger partial charge in [0.2, 0.25) is 5.95 Å². The molecule has 1 saturated carbocycles. The Morgan fingerprint density at radius 3 is 2.68 bits per heavy atom. The summed E-state index contributed by atoms with van der Waals surface area (Å²) in [5.41, 5.74) is 0. The standard InChI is InChI=1S/C14H21N5/c1-18-9-7-15-13(18)11-19-10-8-16-14(19)17-12-5-3-2-4-6-12/h7-10,12H,2-6,11H2,1H3,(H,16,17). The molecule has 3 rings (SSSR count). The molecule has 0 radical (unpaired) electrons. The molecule has 2 aromatic rings. The van der Waals surface area contributed by atoms with Crippen molar-refractivity contribution < 1.29 is 0 Å². The highest BCUT2D eigenvalue weighted by atomic mass is 15.2. The van der Waals surface area contributed by atoms with E-state index in [1.807, 2.05) is 36.4 Å². The molecular formula is C14H21N5. The maximum Gasteiger partial charge on any atom is 0.203 e. The van der Waals surface area contributed by atoms with E-state index in [1.165, 1.54) is 32.1 Å². The molecule has 1 aliphatic carbocycles. The van der Waals surface area contributed by atoms with Crippen LogP contribution in [0.25, 0.3) is 0 Å². The van der Waals surface area contributed by atoms with Gasteiger partial charge in [-0.1, -0.05) is 19.3 Å². The Hall–Kier alpha value is -1.78. The fraction of sp³-hybridized carbons (Fsp3) is 0.571. The second kappa shape index (κ2) is 5.47. The van der Waals surface area contributed by atoms with Gasteiger partial charge in [-0.05, 0) is 12.8 Å². The van der Waals surface area contributed by atoms with Gasteiger partial charge in [-0.25, -0.2) is 9.97 Å². The topological polar surface area (TPSA) is 47.7 Å². The molecule has 1 fully saturated rings. The molecule has 0 bridgehead atoms. The number of aryl methyl sites for hydroxylation is 1. The second-order valence-corrected chi connectivity index (χ2v) is 5.31. The zero-order chi connectivity index (χ0) is 13.1. The zero-order valence-electron chi connectivity index (χ0n) is 11.4. The fourth-order valence-electron chi connectivity index (χ4n) is 2.71. The summed E-state index contributed by atoms with van der Waals surface area (Å²) >= 11 is 0. The Kier molecular flexibility index (Phi) is 3.53. The van der Waals surface area contributed by atoms with Crippen LogP contribution in [0, 0.1) is 0 Å². The Labute approximate surface area is 113 Å². The SMILES string of the molecule is Cn1ccnc1Cn1ccnc1NC1CCCCC1. The first-order valence-electron chi connectivity index (χ1n) is 7.07. The molecule has 102 valence electrons. The lowest BCUT2D eigenvalue weighted by molar-refractivity contribution is 0.459. The average molecular weight is 259 g/mol. The Morgan fingerprint density at radius 2 is 1.95 bits per heavy atom. The van der Waals surface area contributed by atoms with Gasteiger partial charge < -0.3 is 14.5 Å². The molecule has 2 heterocycles. The van der Waals surface area contributed by atoms with Crippen LogP contribution in [0.2, 0.25) is 0 Å². The maximum atomic E-state index is 4.44. The third kappa shape index (κ3) is 2.80. The van der Waals surface area contributed by atoms with E-state index in [0.29, 0.717) is 6.04 Å². The summed E-state index contributed by atoms with van der Waals surface area (Å²) in [6.45, 7) is 0.762. The predicted molar refractivity (Wildman–Crippen MR) is 75.0 cm³/mol. The van der Waals surface area contributed by atoms with Gasteiger partial charge in [0.1, 0.15) is 5.82 Å². The van der Waals surface area contributed by atoms with E-state index >= 15 is 0 Å². The van der Waals surface area contributed by atoms with Crippen molar-refractivity contribution in [3.05, 3.63) is 30.6 Å². The number of rotatable bonds is 4. The molecule has 1 N–H and O–H groups in total. The molecular weight excluding hydrogens is 238 g/mol. The summed E-state index contributed by atoms with van der Waals surface area (Å²) < 4.78 is 4.18. The van der Waals surface area contributed by atoms with Crippen molar-refractivity contribution in [2.45, 2.75) is 44.7 Å². The van der Waals surface area contributed by atoms with Crippen LogP contribution in [0.4, 0.5) is 5.95 Å². The Bertz CT molecular complexity index is 521. The smallest absolute Gasteiger partial charge is 0.203 e. The molecule has 0 atom stereocenters. The van der Waals surface area contributed by atoms with E-state index in [1.54, 1.807) is 0 Å². The summed E-state index contributed by atoms with van der Waals surface area (Å²) in [5.74, 6) is 2.01. The third-order valence-electron chi connectivity index (χ3n) is 3.89. The summed E-state index contributed by atoms with van der Waals surface area (Å²) in [5, 5.41) is 3.58. The van der Waals surface area contributed by atoms with Gasteiger partial charge in [0.25, 0.3) is 0 Å². The number of hydrogen-bond donors (Lipinski definition) is 1. The minimum absolute atomic E-state index is 0.580. The van der Waals surface area contributed by atoms with E-state index in [0.717, 1.165) is 18.3 Å². The van der Waals surface area contributed by atoms with Crippen molar-refractivity contribution in [1.29, 1.82) is 0 Å². The van der Waals surface area contributed by atoms with Gasteiger partial charge in [-0.15, -0.1) is 0 Å². The molecule has 0 aliphatic heterocycles. The van der Waals surface area contributed by atoms with Crippen molar-refractivity contribution in [3.8, 4) is 0 Å². The van der Waals surface area contributed by atoms with Crippen LogP contribution >= 0.6 is 0 Å². The second-order valence-electron chi connectivity index (χ2n) is 5.31. The molecule has 19 heavy (non-hydrogen) atoms. The number of nitrogens with zero attached hydrogens (tertiary/aromatic N) is 4. The minimum Gasteiger partial charge on any atom is -0.353 e. The zero-order valence-corrected chi connectivity index (χ0v) is 11.4. The number of imidazole rings is 2. The molecule has 0 saturated heterocycles. The lowest BCUT2D eigenvalue weighted by atomic mass is 9.96. The first-order valence-corrected chi connectivity index (χ1v) is 7.07. The Balaban J connectivity index is 1.69. The number of aromatic nitrogens is 4. The van der Waals surface area contributed by atoms with Crippen LogP contribution in [-0.2, 0) is 13.6 Å². The largest absolute Gasteiger partial charge is 0.353 e. The van der Waals surface area contributed by atoms with Gasteiger partial charge in [-0.3, -0.25) is 0 Å². The highest BCUT2D eigenvalue weighted by Crippen LogP contribution is 2.21. The van der Waals surface area contributed by atoms with Crippen molar-refractivity contribution in [3.63, 3.8) is 0 Å². The van der Waals surface area contributed by atoms with Crippen molar-refractivity contribution in [2.75, 3.05) is 5.32 Å². The lowest BCUT2D eigenvalue weighted by Gasteiger charge is -2.23. The molecule has 5 heteroatoms. The molecule has 0 amide bonds. The van der Waals surface area contributed by atoms with Crippen LogP contribution < -0.4 is 5.32 Å². The normalized spacial score (nSPS) is 16.7. The van der Waals surface area contributed by atoms with E-state index in [9.17, 15) is 0 Å². The van der Waals surface area contributed by atoms with Crippen LogP contribution in [0.5, 0.6) is 0 Å². The minimum atomic E-state index is 0.580. The first-order chi connectivity index (χ1) is 9.33. The van der Waals surface area contributed by atoms with E-state index in [-0.39, 0.29) is 0 Å². The van der Waals surface area contributed by atoms with E-state index in [4.69, 9.17) is 0 Å². The fourth-order valence-corrected chi connectivity index (χ4v) is 2.71. The van der Waals surface area contributed by atoms with Crippen LogP contribution in [-0.4, -0.2) is 25.1 Å². The molecule has 5 nitrogen and oxygen atoms in total. The lowest BCUT2D eigenvalue weighted by Crippen LogP contribution is -2.24. The van der Waals surface area contributed by atoms with Gasteiger partial charge in [-0.2, -0.15) is 0 Å². The number of hydrogen-bond acceptors (Lipinski definition) is 3. The van der Waals surface area contributed by atoms with Gasteiger partial charge in [0.15, 0.2) is 0 Å².